The molecule has 0 amide bonds. The third kappa shape index (κ3) is 1.46. The zero-order valence-electron chi connectivity index (χ0n) is 9.25. The van der Waals surface area contributed by atoms with Crippen molar-refractivity contribution in [3.05, 3.63) is 39.9 Å². The van der Waals surface area contributed by atoms with E-state index in [4.69, 9.17) is 5.73 Å². The molecule has 1 aromatic carbocycles. The van der Waals surface area contributed by atoms with E-state index in [9.17, 15) is 9.18 Å². The van der Waals surface area contributed by atoms with Gasteiger partial charge in [0.05, 0.1) is 16.6 Å². The Morgan fingerprint density at radius 3 is 2.75 bits per heavy atom. The fraction of sp³-hybridized carbons (Fsp3) is 0.250. The van der Waals surface area contributed by atoms with Gasteiger partial charge in [0.2, 0.25) is 5.43 Å². The van der Waals surface area contributed by atoms with E-state index < -0.39 is 0 Å². The van der Waals surface area contributed by atoms with Gasteiger partial charge in [-0.05, 0) is 31.5 Å². The molecule has 0 saturated carbocycles. The lowest BCUT2D eigenvalue weighted by Gasteiger charge is -2.10. The van der Waals surface area contributed by atoms with Gasteiger partial charge >= 0.3 is 0 Å². The van der Waals surface area contributed by atoms with E-state index in [0.717, 1.165) is 5.52 Å². The van der Waals surface area contributed by atoms with Gasteiger partial charge < -0.3 is 10.3 Å². The zero-order chi connectivity index (χ0) is 11.9. The van der Waals surface area contributed by atoms with Crippen molar-refractivity contribution in [3.63, 3.8) is 0 Å². The van der Waals surface area contributed by atoms with Crippen LogP contribution >= 0.6 is 0 Å². The lowest BCUT2D eigenvalue weighted by Crippen LogP contribution is -2.14. The molecule has 2 N–H and O–H groups in total. The summed E-state index contributed by atoms with van der Waals surface area (Å²) in [6.07, 6.45) is 1.60. The van der Waals surface area contributed by atoms with Crippen LogP contribution < -0.4 is 11.2 Å². The number of hydrogen-bond acceptors (Lipinski definition) is 2. The van der Waals surface area contributed by atoms with Gasteiger partial charge in [-0.25, -0.2) is 4.39 Å². The summed E-state index contributed by atoms with van der Waals surface area (Å²) >= 11 is 0. The Balaban J connectivity index is 2.99. The summed E-state index contributed by atoms with van der Waals surface area (Å²) in [6.45, 7) is 4.31. The second-order valence-electron chi connectivity index (χ2n) is 3.82. The highest BCUT2D eigenvalue weighted by molar-refractivity contribution is 5.82. The standard InChI is InChI=1S/C12H13FN2O/c1-3-15-6-10(14)12(16)8-5-9(13)7(2)4-11(8)15/h4-6H,3,14H2,1-2H3. The number of hydrogen-bond donors (Lipinski definition) is 1. The fourth-order valence-corrected chi connectivity index (χ4v) is 1.80. The van der Waals surface area contributed by atoms with Gasteiger partial charge in [0, 0.05) is 12.7 Å². The Hall–Kier alpha value is -1.84. The maximum Gasteiger partial charge on any atom is 0.212 e. The summed E-state index contributed by atoms with van der Waals surface area (Å²) in [5.41, 5.74) is 6.69. The number of pyridine rings is 1. The second-order valence-corrected chi connectivity index (χ2v) is 3.82. The predicted octanol–water partition coefficient (Wildman–Crippen LogP) is 2.05. The van der Waals surface area contributed by atoms with Gasteiger partial charge in [0.1, 0.15) is 5.82 Å². The number of halogens is 1. The maximum atomic E-state index is 13.4. The summed E-state index contributed by atoms with van der Waals surface area (Å²) in [4.78, 5) is 11.8. The maximum absolute atomic E-state index is 13.4. The average Bonchev–Trinajstić information content (AvgIpc) is 2.26. The topological polar surface area (TPSA) is 48.0 Å². The normalized spacial score (nSPS) is 10.9. The lowest BCUT2D eigenvalue weighted by molar-refractivity contribution is 0.620. The van der Waals surface area contributed by atoms with Crippen LogP contribution in [-0.2, 0) is 6.54 Å². The van der Waals surface area contributed by atoms with Crippen molar-refractivity contribution in [2.75, 3.05) is 5.73 Å². The monoisotopic (exact) mass is 220 g/mol. The lowest BCUT2D eigenvalue weighted by atomic mass is 10.1. The summed E-state index contributed by atoms with van der Waals surface area (Å²) in [7, 11) is 0. The van der Waals surface area contributed by atoms with Gasteiger partial charge in [-0.2, -0.15) is 0 Å². The van der Waals surface area contributed by atoms with Crippen molar-refractivity contribution < 1.29 is 4.39 Å². The van der Waals surface area contributed by atoms with Gasteiger partial charge in [-0.3, -0.25) is 4.79 Å². The molecule has 1 aromatic heterocycles. The molecule has 3 nitrogen and oxygen atoms in total. The molecular weight excluding hydrogens is 207 g/mol. The second kappa shape index (κ2) is 3.63. The molecule has 1 heterocycles. The molecule has 0 aliphatic rings. The minimum Gasteiger partial charge on any atom is -0.394 e. The molecule has 0 unspecified atom stereocenters. The minimum absolute atomic E-state index is 0.151. The number of nitrogens with zero attached hydrogens (tertiary/aromatic N) is 1. The number of fused-ring (bicyclic) bond motifs is 1. The molecule has 2 rings (SSSR count). The zero-order valence-corrected chi connectivity index (χ0v) is 9.25. The Morgan fingerprint density at radius 2 is 2.12 bits per heavy atom. The molecule has 4 heteroatoms. The minimum atomic E-state index is -0.377. The fourth-order valence-electron chi connectivity index (χ4n) is 1.80. The third-order valence-electron chi connectivity index (χ3n) is 2.73. The van der Waals surface area contributed by atoms with Crippen LogP contribution in [0.1, 0.15) is 12.5 Å². The van der Waals surface area contributed by atoms with Crippen LogP contribution in [0.3, 0.4) is 0 Å². The number of benzene rings is 1. The number of rotatable bonds is 1. The first kappa shape index (κ1) is 10.7. The Kier molecular flexibility index (Phi) is 2.42. The highest BCUT2D eigenvalue weighted by atomic mass is 19.1. The summed E-state index contributed by atoms with van der Waals surface area (Å²) in [5, 5.41) is 0.338. The number of aryl methyl sites for hydroxylation is 2. The average molecular weight is 220 g/mol. The quantitative estimate of drug-likeness (QED) is 0.799. The highest BCUT2D eigenvalue weighted by Gasteiger charge is 2.09. The van der Waals surface area contributed by atoms with Crippen LogP contribution in [0.25, 0.3) is 10.9 Å². The predicted molar refractivity (Wildman–Crippen MR) is 63.0 cm³/mol. The first-order valence-electron chi connectivity index (χ1n) is 5.13. The van der Waals surface area contributed by atoms with Crippen LogP contribution in [0, 0.1) is 12.7 Å². The SMILES string of the molecule is CCn1cc(N)c(=O)c2cc(F)c(C)cc21. The first-order valence-corrected chi connectivity index (χ1v) is 5.13. The molecule has 2 aromatic rings. The van der Waals surface area contributed by atoms with Crippen LogP contribution in [0.15, 0.2) is 23.1 Å². The molecule has 0 fully saturated rings. The van der Waals surface area contributed by atoms with Crippen molar-refractivity contribution in [2.24, 2.45) is 0 Å². The molecule has 0 spiro atoms. The first-order chi connectivity index (χ1) is 7.54. The Labute approximate surface area is 92.3 Å². The largest absolute Gasteiger partial charge is 0.394 e. The van der Waals surface area contributed by atoms with Crippen LogP contribution in [0.5, 0.6) is 0 Å². The number of nitrogens with two attached hydrogens (primary N) is 1. The van der Waals surface area contributed by atoms with Gasteiger partial charge in [-0.1, -0.05) is 0 Å². The Bertz CT molecular complexity index is 616. The Morgan fingerprint density at radius 1 is 1.44 bits per heavy atom. The van der Waals surface area contributed by atoms with E-state index in [1.165, 1.54) is 6.07 Å². The van der Waals surface area contributed by atoms with Crippen LogP contribution in [0.4, 0.5) is 10.1 Å². The summed E-state index contributed by atoms with van der Waals surface area (Å²) < 4.78 is 15.3. The van der Waals surface area contributed by atoms with E-state index in [1.54, 1.807) is 19.2 Å². The number of aromatic nitrogens is 1. The smallest absolute Gasteiger partial charge is 0.212 e. The molecule has 0 atom stereocenters. The summed E-state index contributed by atoms with van der Waals surface area (Å²) in [5.74, 6) is -0.377. The van der Waals surface area contributed by atoms with Gasteiger partial charge in [0.15, 0.2) is 0 Å². The van der Waals surface area contributed by atoms with Crippen molar-refractivity contribution >= 4 is 16.6 Å². The third-order valence-corrected chi connectivity index (χ3v) is 2.73. The van der Waals surface area contributed by atoms with Crippen molar-refractivity contribution in [3.8, 4) is 0 Å². The molecule has 0 aliphatic carbocycles. The van der Waals surface area contributed by atoms with E-state index >= 15 is 0 Å². The molecule has 84 valence electrons. The molecule has 0 aliphatic heterocycles. The van der Waals surface area contributed by atoms with Crippen LogP contribution in [-0.4, -0.2) is 4.57 Å². The van der Waals surface area contributed by atoms with Gasteiger partial charge in [-0.15, -0.1) is 0 Å². The number of nitrogen functional groups attached to an aromatic ring is 1. The van der Waals surface area contributed by atoms with E-state index in [1.807, 2.05) is 11.5 Å². The van der Waals surface area contributed by atoms with E-state index in [-0.39, 0.29) is 16.9 Å². The van der Waals surface area contributed by atoms with Crippen molar-refractivity contribution in [1.82, 2.24) is 4.57 Å². The number of anilines is 1. The van der Waals surface area contributed by atoms with Gasteiger partial charge in [0.25, 0.3) is 0 Å². The molecule has 0 saturated heterocycles. The summed E-state index contributed by atoms with van der Waals surface area (Å²) in [6, 6.07) is 2.94. The van der Waals surface area contributed by atoms with Crippen LogP contribution in [0.2, 0.25) is 0 Å². The van der Waals surface area contributed by atoms with E-state index in [0.29, 0.717) is 17.5 Å². The van der Waals surface area contributed by atoms with Crippen molar-refractivity contribution in [2.45, 2.75) is 20.4 Å². The molecular formula is C12H13FN2O. The van der Waals surface area contributed by atoms with E-state index in [2.05, 4.69) is 0 Å². The highest BCUT2D eigenvalue weighted by Crippen LogP contribution is 2.17. The van der Waals surface area contributed by atoms with Crippen molar-refractivity contribution in [1.29, 1.82) is 0 Å². The molecule has 16 heavy (non-hydrogen) atoms. The molecule has 0 bridgehead atoms. The molecule has 0 radical (unpaired) electrons.